The molecular formula is C21H30N4O10. The van der Waals surface area contributed by atoms with Crippen molar-refractivity contribution in [3.8, 4) is 0 Å². The predicted octanol–water partition coefficient (Wildman–Crippen LogP) is -3.65. The van der Waals surface area contributed by atoms with Gasteiger partial charge in [-0.15, -0.1) is 0 Å². The van der Waals surface area contributed by atoms with Crippen LogP contribution in [0.15, 0.2) is 0 Å². The molecule has 0 unspecified atom stereocenters. The number of nitrogens with one attached hydrogen (secondary N) is 2. The fourth-order valence-electron chi connectivity index (χ4n) is 4.23. The summed E-state index contributed by atoms with van der Waals surface area (Å²) in [6.07, 6.45) is -5.88. The Morgan fingerprint density at radius 1 is 1.06 bits per heavy atom. The fourth-order valence-corrected chi connectivity index (χ4v) is 4.23. The van der Waals surface area contributed by atoms with Gasteiger partial charge in [-0.1, -0.05) is 0 Å². The average Bonchev–Trinajstić information content (AvgIpc) is 3.29. The lowest BCUT2D eigenvalue weighted by Crippen LogP contribution is -2.68. The van der Waals surface area contributed by atoms with Gasteiger partial charge in [-0.25, -0.2) is 0 Å². The van der Waals surface area contributed by atoms with E-state index in [1.165, 1.54) is 13.8 Å². The second kappa shape index (κ2) is 10.3. The van der Waals surface area contributed by atoms with E-state index in [0.717, 1.165) is 9.80 Å². The summed E-state index contributed by atoms with van der Waals surface area (Å²) in [4.78, 5) is 73.8. The number of hydrogen-bond donors (Lipinski definition) is 5. The van der Waals surface area contributed by atoms with Crippen LogP contribution in [0, 0.1) is 5.41 Å². The number of carbonyl (C=O) groups is 6. The molecule has 5 N–H and O–H groups in total. The van der Waals surface area contributed by atoms with Crippen LogP contribution in [-0.2, 0) is 33.5 Å². The highest BCUT2D eigenvalue weighted by molar-refractivity contribution is 6.37. The second-order valence-electron chi connectivity index (χ2n) is 9.44. The lowest BCUT2D eigenvalue weighted by Gasteiger charge is -2.44. The van der Waals surface area contributed by atoms with Crippen LogP contribution in [0.2, 0.25) is 0 Å². The number of carbonyl (C=O) groups excluding carboxylic acids is 6. The molecule has 0 saturated carbocycles. The van der Waals surface area contributed by atoms with Gasteiger partial charge < -0.3 is 35.6 Å². The average molecular weight is 498 g/mol. The number of likely N-dealkylation sites (tertiary alicyclic amines) is 1. The van der Waals surface area contributed by atoms with Crippen LogP contribution in [0.4, 0.5) is 0 Å². The molecule has 3 rings (SSSR count). The van der Waals surface area contributed by atoms with Crippen molar-refractivity contribution in [1.82, 2.24) is 20.4 Å². The predicted molar refractivity (Wildman–Crippen MR) is 114 cm³/mol. The molecule has 0 aromatic rings. The van der Waals surface area contributed by atoms with Gasteiger partial charge >= 0.3 is 17.8 Å². The lowest BCUT2D eigenvalue weighted by molar-refractivity contribution is -0.184. The van der Waals surface area contributed by atoms with Crippen molar-refractivity contribution in [2.75, 3.05) is 19.7 Å². The smallest absolute Gasteiger partial charge is 0.314 e. The summed E-state index contributed by atoms with van der Waals surface area (Å²) in [7, 11) is 0. The largest absolute Gasteiger partial charge is 0.463 e. The standard InChI is InChI=1S/C21H30N4O10/c1-21(2,6-5-11(26)22-7-8-24-12(27)3-4-13(24)28)20(34)35-9-10-14(29)15(30)16(31)17-23-18(32)19(33)25(10)17/h10,14-17,29-31H,3-9H2,1-2H3,(H,22,26)(H,23,32)/t10-,14-,15+,16+,17+/m1/s1. The van der Waals surface area contributed by atoms with Gasteiger partial charge in [0.25, 0.3) is 0 Å². The maximum atomic E-state index is 12.7. The normalized spacial score (nSPS) is 28.8. The van der Waals surface area contributed by atoms with Gasteiger partial charge in [0.15, 0.2) is 0 Å². The summed E-state index contributed by atoms with van der Waals surface area (Å²) >= 11 is 0. The molecule has 0 aromatic heterocycles. The van der Waals surface area contributed by atoms with Crippen LogP contribution in [0.1, 0.15) is 39.5 Å². The molecule has 5 atom stereocenters. The summed E-state index contributed by atoms with van der Waals surface area (Å²) in [5.74, 6) is -3.74. The number of imide groups is 1. The number of aliphatic hydroxyl groups excluding tert-OH is 3. The van der Waals surface area contributed by atoms with Crippen LogP contribution in [0.25, 0.3) is 0 Å². The van der Waals surface area contributed by atoms with E-state index in [1.807, 2.05) is 0 Å². The van der Waals surface area contributed by atoms with Gasteiger partial charge in [0, 0.05) is 32.4 Å². The number of ether oxygens (including phenoxy) is 1. The Labute approximate surface area is 200 Å². The van der Waals surface area contributed by atoms with Crippen LogP contribution in [0.5, 0.6) is 0 Å². The van der Waals surface area contributed by atoms with Gasteiger partial charge in [-0.3, -0.25) is 33.7 Å². The highest BCUT2D eigenvalue weighted by atomic mass is 16.5. The van der Waals surface area contributed by atoms with E-state index in [-0.39, 0.29) is 56.5 Å². The van der Waals surface area contributed by atoms with Crippen molar-refractivity contribution in [2.24, 2.45) is 5.41 Å². The first-order chi connectivity index (χ1) is 16.3. The monoisotopic (exact) mass is 498 g/mol. The number of aliphatic hydroxyl groups is 3. The summed E-state index contributed by atoms with van der Waals surface area (Å²) in [6.45, 7) is 2.69. The molecular weight excluding hydrogens is 468 g/mol. The first-order valence-corrected chi connectivity index (χ1v) is 11.3. The summed E-state index contributed by atoms with van der Waals surface area (Å²) in [6, 6.07) is -1.27. The molecule has 0 aromatic carbocycles. The Morgan fingerprint density at radius 3 is 2.31 bits per heavy atom. The minimum atomic E-state index is -1.69. The van der Waals surface area contributed by atoms with Gasteiger partial charge in [0.2, 0.25) is 17.7 Å². The summed E-state index contributed by atoms with van der Waals surface area (Å²) < 4.78 is 5.26. The third-order valence-corrected chi connectivity index (χ3v) is 6.51. The molecule has 0 spiro atoms. The minimum absolute atomic E-state index is 0.0495. The molecule has 14 nitrogen and oxygen atoms in total. The number of fused-ring (bicyclic) bond motifs is 1. The highest BCUT2D eigenvalue weighted by Gasteiger charge is 2.55. The van der Waals surface area contributed by atoms with Gasteiger partial charge in [0.1, 0.15) is 31.1 Å². The topological polar surface area (TPSA) is 203 Å². The maximum Gasteiger partial charge on any atom is 0.314 e. The third kappa shape index (κ3) is 5.44. The number of esters is 1. The number of amides is 5. The molecule has 3 heterocycles. The number of hydrogen-bond acceptors (Lipinski definition) is 10. The molecule has 0 aliphatic carbocycles. The summed E-state index contributed by atoms with van der Waals surface area (Å²) in [5, 5.41) is 35.2. The van der Waals surface area contributed by atoms with Crippen LogP contribution in [-0.4, -0.2) is 111 Å². The van der Waals surface area contributed by atoms with Crippen molar-refractivity contribution >= 4 is 35.5 Å². The van der Waals surface area contributed by atoms with E-state index in [4.69, 9.17) is 4.74 Å². The van der Waals surface area contributed by atoms with E-state index in [2.05, 4.69) is 10.6 Å². The zero-order chi connectivity index (χ0) is 26.1. The van der Waals surface area contributed by atoms with E-state index in [1.54, 1.807) is 0 Å². The molecule has 3 aliphatic rings. The number of piperidine rings is 1. The Morgan fingerprint density at radius 2 is 1.69 bits per heavy atom. The Hall–Kier alpha value is -3.10. The highest BCUT2D eigenvalue weighted by Crippen LogP contribution is 2.29. The quantitative estimate of drug-likeness (QED) is 0.120. The zero-order valence-electron chi connectivity index (χ0n) is 19.4. The first-order valence-electron chi connectivity index (χ1n) is 11.3. The van der Waals surface area contributed by atoms with Crippen LogP contribution < -0.4 is 10.6 Å². The van der Waals surface area contributed by atoms with E-state index in [0.29, 0.717) is 0 Å². The number of rotatable bonds is 9. The van der Waals surface area contributed by atoms with Crippen LogP contribution >= 0.6 is 0 Å². The molecule has 3 aliphatic heterocycles. The maximum absolute atomic E-state index is 12.7. The summed E-state index contributed by atoms with van der Waals surface area (Å²) in [5.41, 5.74) is -1.14. The zero-order valence-corrected chi connectivity index (χ0v) is 19.4. The van der Waals surface area contributed by atoms with Gasteiger partial charge in [-0.05, 0) is 20.3 Å². The van der Waals surface area contributed by atoms with Crippen LogP contribution in [0.3, 0.4) is 0 Å². The van der Waals surface area contributed by atoms with Crippen molar-refractivity contribution in [1.29, 1.82) is 0 Å². The van der Waals surface area contributed by atoms with Gasteiger partial charge in [-0.2, -0.15) is 0 Å². The van der Waals surface area contributed by atoms with Gasteiger partial charge in [0.05, 0.1) is 11.5 Å². The molecule has 5 amide bonds. The molecule has 35 heavy (non-hydrogen) atoms. The Balaban J connectivity index is 1.48. The first kappa shape index (κ1) is 26.5. The second-order valence-corrected chi connectivity index (χ2v) is 9.44. The van der Waals surface area contributed by atoms with E-state index < -0.39 is 60.3 Å². The third-order valence-electron chi connectivity index (χ3n) is 6.51. The fraction of sp³-hybridized carbons (Fsp3) is 0.714. The molecule has 14 heteroatoms. The lowest BCUT2D eigenvalue weighted by atomic mass is 9.87. The molecule has 194 valence electrons. The SMILES string of the molecule is CC(C)(CCC(=O)NCCN1C(=O)CCC1=O)C(=O)OC[C@@H]1[C@@H](O)[C@H](O)[C@H](O)[C@H]2NC(=O)C(=O)N12. The molecule has 0 radical (unpaired) electrons. The molecule has 3 saturated heterocycles. The van der Waals surface area contributed by atoms with Crippen molar-refractivity contribution < 1.29 is 48.8 Å². The Bertz CT molecular complexity index is 906. The van der Waals surface area contributed by atoms with E-state index in [9.17, 15) is 44.1 Å². The molecule has 3 fully saturated rings. The van der Waals surface area contributed by atoms with Crippen molar-refractivity contribution in [3.63, 3.8) is 0 Å². The van der Waals surface area contributed by atoms with E-state index >= 15 is 0 Å². The molecule has 0 bridgehead atoms. The number of nitrogens with zero attached hydrogens (tertiary/aromatic N) is 2. The van der Waals surface area contributed by atoms with Crippen molar-refractivity contribution in [3.05, 3.63) is 0 Å². The minimum Gasteiger partial charge on any atom is -0.463 e. The van der Waals surface area contributed by atoms with Crippen molar-refractivity contribution in [2.45, 2.75) is 70.1 Å². The Kier molecular flexibility index (Phi) is 7.77.